The van der Waals surface area contributed by atoms with Gasteiger partial charge in [-0.15, -0.1) is 0 Å². The van der Waals surface area contributed by atoms with Crippen molar-refractivity contribution in [2.24, 2.45) is 0 Å². The molecule has 0 bridgehead atoms. The minimum Gasteiger partial charge on any atom is -0.457 e. The van der Waals surface area contributed by atoms with E-state index in [2.05, 4.69) is 29.2 Å². The Kier molecular flexibility index (Phi) is 4.35. The lowest BCUT2D eigenvalue weighted by molar-refractivity contribution is 0.483. The fourth-order valence-corrected chi connectivity index (χ4v) is 4.32. The normalized spacial score (nSPS) is 14.5. The van der Waals surface area contributed by atoms with Crippen LogP contribution in [-0.4, -0.2) is 9.38 Å². The highest BCUT2D eigenvalue weighted by Crippen LogP contribution is 2.38. The quantitative estimate of drug-likeness (QED) is 0.479. The van der Waals surface area contributed by atoms with Crippen molar-refractivity contribution in [3.8, 4) is 22.6 Å². The van der Waals surface area contributed by atoms with Crippen LogP contribution in [0.1, 0.15) is 37.3 Å². The molecule has 0 atom stereocenters. The van der Waals surface area contributed by atoms with Crippen molar-refractivity contribution in [2.75, 3.05) is 11.5 Å². The molecular formula is C24H24N4O. The standard InChI is InChI=1S/C24H24N4O/c25-23-22-15-18(14-21(17-6-4-5-7-17)28(22)24(26)27-23)16-10-12-20(13-11-16)29-19-8-2-1-3-9-19/h1-3,8-15,17H,4-7,25H2,(H2,26,27). The number of hydrogen-bond acceptors (Lipinski definition) is 4. The number of nitrogens with zero attached hydrogens (tertiary/aromatic N) is 2. The molecule has 5 nitrogen and oxygen atoms in total. The molecule has 2 heterocycles. The summed E-state index contributed by atoms with van der Waals surface area (Å²) in [6.45, 7) is 0. The first-order chi connectivity index (χ1) is 14.2. The van der Waals surface area contributed by atoms with Crippen LogP contribution in [0.15, 0.2) is 66.7 Å². The predicted octanol–water partition coefficient (Wildman–Crippen LogP) is 5.62. The Labute approximate surface area is 169 Å². The number of para-hydroxylation sites is 1. The van der Waals surface area contributed by atoms with E-state index in [1.807, 2.05) is 46.9 Å². The lowest BCUT2D eigenvalue weighted by atomic mass is 9.98. The highest BCUT2D eigenvalue weighted by Gasteiger charge is 2.23. The van der Waals surface area contributed by atoms with E-state index in [4.69, 9.17) is 16.2 Å². The van der Waals surface area contributed by atoms with Gasteiger partial charge in [0.05, 0.1) is 5.52 Å². The molecule has 0 saturated heterocycles. The van der Waals surface area contributed by atoms with E-state index in [-0.39, 0.29) is 0 Å². The van der Waals surface area contributed by atoms with Gasteiger partial charge in [0.25, 0.3) is 0 Å². The van der Waals surface area contributed by atoms with Crippen LogP contribution in [-0.2, 0) is 0 Å². The second-order valence-electron chi connectivity index (χ2n) is 7.67. The van der Waals surface area contributed by atoms with Gasteiger partial charge >= 0.3 is 0 Å². The SMILES string of the molecule is Nc1nc(N)n2c(C3CCCC3)cc(-c3ccc(Oc4ccccc4)cc3)cc12. The Hall–Kier alpha value is -3.47. The molecule has 146 valence electrons. The Morgan fingerprint density at radius 2 is 1.52 bits per heavy atom. The number of rotatable bonds is 4. The third-order valence-corrected chi connectivity index (χ3v) is 5.76. The van der Waals surface area contributed by atoms with Crippen LogP contribution < -0.4 is 16.2 Å². The smallest absolute Gasteiger partial charge is 0.207 e. The average molecular weight is 384 g/mol. The molecule has 4 aromatic rings. The summed E-state index contributed by atoms with van der Waals surface area (Å²) >= 11 is 0. The van der Waals surface area contributed by atoms with E-state index in [0.29, 0.717) is 17.7 Å². The Morgan fingerprint density at radius 3 is 2.24 bits per heavy atom. The summed E-state index contributed by atoms with van der Waals surface area (Å²) in [5.74, 6) is 3.08. The van der Waals surface area contributed by atoms with Crippen molar-refractivity contribution in [3.05, 3.63) is 72.4 Å². The highest BCUT2D eigenvalue weighted by molar-refractivity contribution is 5.78. The van der Waals surface area contributed by atoms with Gasteiger partial charge in [0.1, 0.15) is 11.5 Å². The van der Waals surface area contributed by atoms with E-state index >= 15 is 0 Å². The van der Waals surface area contributed by atoms with Crippen LogP contribution >= 0.6 is 0 Å². The molecule has 5 heteroatoms. The van der Waals surface area contributed by atoms with Crippen molar-refractivity contribution in [1.82, 2.24) is 9.38 Å². The molecule has 1 aliphatic rings. The van der Waals surface area contributed by atoms with Gasteiger partial charge in [-0.3, -0.25) is 4.40 Å². The van der Waals surface area contributed by atoms with E-state index in [1.165, 1.54) is 31.4 Å². The maximum Gasteiger partial charge on any atom is 0.207 e. The minimum atomic E-state index is 0.470. The fourth-order valence-electron chi connectivity index (χ4n) is 4.32. The molecule has 0 aliphatic heterocycles. The molecule has 1 aliphatic carbocycles. The zero-order valence-corrected chi connectivity index (χ0v) is 16.2. The van der Waals surface area contributed by atoms with Gasteiger partial charge in [-0.1, -0.05) is 43.2 Å². The van der Waals surface area contributed by atoms with Gasteiger partial charge in [0.15, 0.2) is 5.82 Å². The third-order valence-electron chi connectivity index (χ3n) is 5.76. The first kappa shape index (κ1) is 17.6. The second kappa shape index (κ2) is 7.17. The van der Waals surface area contributed by atoms with Gasteiger partial charge in [-0.05, 0) is 66.3 Å². The van der Waals surface area contributed by atoms with Gasteiger partial charge in [0, 0.05) is 5.69 Å². The Morgan fingerprint density at radius 1 is 0.828 bits per heavy atom. The van der Waals surface area contributed by atoms with Crippen LogP contribution in [0, 0.1) is 0 Å². The summed E-state index contributed by atoms with van der Waals surface area (Å²) in [4.78, 5) is 4.32. The highest BCUT2D eigenvalue weighted by atomic mass is 16.5. The Balaban J connectivity index is 1.53. The van der Waals surface area contributed by atoms with Crippen molar-refractivity contribution < 1.29 is 4.74 Å². The number of nitrogens with two attached hydrogens (primary N) is 2. The second-order valence-corrected chi connectivity index (χ2v) is 7.67. The lowest BCUT2D eigenvalue weighted by Crippen LogP contribution is -2.05. The summed E-state index contributed by atoms with van der Waals surface area (Å²) in [5.41, 5.74) is 16.7. The molecule has 2 aromatic carbocycles. The molecule has 4 N–H and O–H groups in total. The van der Waals surface area contributed by atoms with Crippen LogP contribution in [0.2, 0.25) is 0 Å². The zero-order chi connectivity index (χ0) is 19.8. The number of benzene rings is 2. The zero-order valence-electron chi connectivity index (χ0n) is 16.2. The van der Waals surface area contributed by atoms with Crippen molar-refractivity contribution in [2.45, 2.75) is 31.6 Å². The van der Waals surface area contributed by atoms with Crippen LogP contribution in [0.25, 0.3) is 16.6 Å². The number of fused-ring (bicyclic) bond motifs is 1. The topological polar surface area (TPSA) is 78.6 Å². The Bertz CT molecular complexity index is 1140. The van der Waals surface area contributed by atoms with E-state index < -0.39 is 0 Å². The molecule has 1 saturated carbocycles. The maximum atomic E-state index is 6.18. The third kappa shape index (κ3) is 3.29. The van der Waals surface area contributed by atoms with Crippen LogP contribution in [0.4, 0.5) is 11.8 Å². The van der Waals surface area contributed by atoms with Gasteiger partial charge in [-0.25, -0.2) is 0 Å². The van der Waals surface area contributed by atoms with Gasteiger partial charge < -0.3 is 16.2 Å². The molecule has 29 heavy (non-hydrogen) atoms. The molecule has 0 spiro atoms. The number of aromatic nitrogens is 2. The number of nitrogen functional groups attached to an aromatic ring is 2. The lowest BCUT2D eigenvalue weighted by Gasteiger charge is -2.16. The molecule has 2 aromatic heterocycles. The molecular weight excluding hydrogens is 360 g/mol. The van der Waals surface area contributed by atoms with E-state index in [0.717, 1.165) is 28.1 Å². The van der Waals surface area contributed by atoms with E-state index in [9.17, 15) is 0 Å². The predicted molar refractivity (Wildman–Crippen MR) is 117 cm³/mol. The average Bonchev–Trinajstić information content (AvgIpc) is 3.38. The maximum absolute atomic E-state index is 6.18. The van der Waals surface area contributed by atoms with Crippen molar-refractivity contribution in [1.29, 1.82) is 0 Å². The van der Waals surface area contributed by atoms with Crippen molar-refractivity contribution >= 4 is 17.3 Å². The molecule has 0 radical (unpaired) electrons. The number of pyridine rings is 1. The first-order valence-corrected chi connectivity index (χ1v) is 10.1. The molecule has 5 rings (SSSR count). The number of anilines is 2. The molecule has 0 amide bonds. The minimum absolute atomic E-state index is 0.470. The summed E-state index contributed by atoms with van der Waals surface area (Å²) in [6, 6.07) is 22.3. The van der Waals surface area contributed by atoms with Gasteiger partial charge in [0.2, 0.25) is 5.95 Å². The van der Waals surface area contributed by atoms with Crippen molar-refractivity contribution in [3.63, 3.8) is 0 Å². The summed E-state index contributed by atoms with van der Waals surface area (Å²) in [6.07, 6.45) is 4.87. The van der Waals surface area contributed by atoms with Crippen LogP contribution in [0.5, 0.6) is 11.5 Å². The summed E-state index contributed by atoms with van der Waals surface area (Å²) in [7, 11) is 0. The van der Waals surface area contributed by atoms with Crippen LogP contribution in [0.3, 0.4) is 0 Å². The summed E-state index contributed by atoms with van der Waals surface area (Å²) < 4.78 is 7.95. The summed E-state index contributed by atoms with van der Waals surface area (Å²) in [5, 5.41) is 0. The number of hydrogen-bond donors (Lipinski definition) is 2. The van der Waals surface area contributed by atoms with E-state index in [1.54, 1.807) is 0 Å². The largest absolute Gasteiger partial charge is 0.457 e. The monoisotopic (exact) mass is 384 g/mol. The molecule has 1 fully saturated rings. The molecule has 0 unspecified atom stereocenters. The fraction of sp³-hybridized carbons (Fsp3) is 0.208. The van der Waals surface area contributed by atoms with Gasteiger partial charge in [-0.2, -0.15) is 4.98 Å². The number of imidazole rings is 1. The number of ether oxygens (including phenoxy) is 1. The first-order valence-electron chi connectivity index (χ1n) is 10.1.